The van der Waals surface area contributed by atoms with E-state index >= 15 is 0 Å². The molecule has 1 aromatic heterocycles. The number of pyridine rings is 1. The lowest BCUT2D eigenvalue weighted by molar-refractivity contribution is -0.122. The summed E-state index contributed by atoms with van der Waals surface area (Å²) in [5, 5.41) is 9.51. The molecule has 0 bridgehead atoms. The monoisotopic (exact) mass is 358 g/mol. The molecule has 4 rings (SSSR count). The number of hydrogen-bond donors (Lipinski definition) is 1. The predicted octanol–water partition coefficient (Wildman–Crippen LogP) is 3.73. The highest BCUT2D eigenvalue weighted by Crippen LogP contribution is 2.50. The van der Waals surface area contributed by atoms with Crippen LogP contribution in [0.4, 0.5) is 0 Å². The second-order valence-corrected chi connectivity index (χ2v) is 8.11. The van der Waals surface area contributed by atoms with Crippen LogP contribution in [-0.2, 0) is 11.3 Å². The van der Waals surface area contributed by atoms with E-state index in [4.69, 9.17) is 5.41 Å². The Kier molecular flexibility index (Phi) is 4.14. The van der Waals surface area contributed by atoms with E-state index in [-0.39, 0.29) is 5.91 Å². The van der Waals surface area contributed by atoms with E-state index in [1.165, 1.54) is 40.1 Å². The summed E-state index contributed by atoms with van der Waals surface area (Å²) in [4.78, 5) is 22.8. The first-order valence-electron chi connectivity index (χ1n) is 8.00. The van der Waals surface area contributed by atoms with Gasteiger partial charge in [0, 0.05) is 30.0 Å². The van der Waals surface area contributed by atoms with E-state index in [1.54, 1.807) is 24.2 Å². The summed E-state index contributed by atoms with van der Waals surface area (Å²) in [5.41, 5.74) is 2.30. The molecule has 1 saturated heterocycles. The maximum atomic E-state index is 12.9. The number of carbonyl (C=O) groups excluding carboxylic acids is 1. The summed E-state index contributed by atoms with van der Waals surface area (Å²) in [6.45, 7) is 0.400. The van der Waals surface area contributed by atoms with Gasteiger partial charge in [-0.05, 0) is 49.1 Å². The number of hydrogen-bond acceptors (Lipinski definition) is 6. The van der Waals surface area contributed by atoms with E-state index in [1.807, 2.05) is 19.2 Å². The van der Waals surface area contributed by atoms with Gasteiger partial charge in [0.2, 0.25) is 0 Å². The Morgan fingerprint density at radius 2 is 2.12 bits per heavy atom. The first-order valence-corrected chi connectivity index (χ1v) is 9.63. The molecule has 7 heteroatoms. The zero-order valence-electron chi connectivity index (χ0n) is 13.4. The molecule has 124 valence electrons. The van der Waals surface area contributed by atoms with Crippen LogP contribution in [0.25, 0.3) is 0 Å². The van der Waals surface area contributed by atoms with Gasteiger partial charge in [-0.2, -0.15) is 0 Å². The molecule has 24 heavy (non-hydrogen) atoms. The number of amidine groups is 1. The third-order valence-corrected chi connectivity index (χ3v) is 6.93. The number of aromatic nitrogens is 1. The summed E-state index contributed by atoms with van der Waals surface area (Å²) >= 11 is 3.00. The van der Waals surface area contributed by atoms with Gasteiger partial charge in [-0.15, -0.1) is 0 Å². The molecule has 3 heterocycles. The molecule has 1 N–H and O–H groups in total. The summed E-state index contributed by atoms with van der Waals surface area (Å²) in [6, 6.07) is 3.78. The molecule has 0 atom stereocenters. The largest absolute Gasteiger partial charge is 0.341 e. The van der Waals surface area contributed by atoms with E-state index in [2.05, 4.69) is 9.88 Å². The minimum atomic E-state index is -0.0666. The summed E-state index contributed by atoms with van der Waals surface area (Å²) in [7, 11) is 2.05. The van der Waals surface area contributed by atoms with Gasteiger partial charge in [0.25, 0.3) is 5.91 Å². The molecule has 1 fully saturated rings. The van der Waals surface area contributed by atoms with Crippen molar-refractivity contribution in [2.24, 2.45) is 0 Å². The van der Waals surface area contributed by atoms with E-state index in [0.29, 0.717) is 16.6 Å². The van der Waals surface area contributed by atoms with Gasteiger partial charge < -0.3 is 4.90 Å². The third-order valence-electron chi connectivity index (χ3n) is 4.46. The molecule has 5 nitrogen and oxygen atoms in total. The topological polar surface area (TPSA) is 60.3 Å². The summed E-state index contributed by atoms with van der Waals surface area (Å²) in [5.74, 6) is -0.0666. The fourth-order valence-electron chi connectivity index (χ4n) is 3.20. The molecule has 0 unspecified atom stereocenters. The van der Waals surface area contributed by atoms with Crippen LogP contribution < -0.4 is 0 Å². The van der Waals surface area contributed by atoms with Gasteiger partial charge in [0.15, 0.2) is 5.17 Å². The summed E-state index contributed by atoms with van der Waals surface area (Å²) < 4.78 is 0. The van der Waals surface area contributed by atoms with Crippen molar-refractivity contribution < 1.29 is 4.79 Å². The SMILES string of the molecule is CN1C2=C(CCCC2)S/C1=C1\SC(=N)N(Cc2cccnc2)C1=O. The fourth-order valence-corrected chi connectivity index (χ4v) is 5.58. The number of thioether (sulfide) groups is 2. The minimum Gasteiger partial charge on any atom is -0.341 e. The van der Waals surface area contributed by atoms with Gasteiger partial charge in [-0.25, -0.2) is 0 Å². The Labute approximate surface area is 149 Å². The molecule has 0 saturated carbocycles. The van der Waals surface area contributed by atoms with Crippen molar-refractivity contribution in [3.63, 3.8) is 0 Å². The quantitative estimate of drug-likeness (QED) is 0.817. The van der Waals surface area contributed by atoms with Gasteiger partial charge in [0.1, 0.15) is 4.91 Å². The zero-order chi connectivity index (χ0) is 16.7. The minimum absolute atomic E-state index is 0.0666. The molecule has 0 aromatic carbocycles. The predicted molar refractivity (Wildman–Crippen MR) is 98.0 cm³/mol. The normalized spacial score (nSPS) is 24.2. The van der Waals surface area contributed by atoms with Crippen LogP contribution in [0.5, 0.6) is 0 Å². The van der Waals surface area contributed by atoms with Gasteiger partial charge in [-0.1, -0.05) is 17.8 Å². The van der Waals surface area contributed by atoms with Gasteiger partial charge in [0.05, 0.1) is 11.6 Å². The number of allylic oxidation sites excluding steroid dienone is 2. The lowest BCUT2D eigenvalue weighted by atomic mass is 10.0. The second-order valence-electron chi connectivity index (χ2n) is 6.03. The Bertz CT molecular complexity index is 772. The van der Waals surface area contributed by atoms with Crippen molar-refractivity contribution in [3.05, 3.63) is 50.6 Å². The average Bonchev–Trinajstić information content (AvgIpc) is 3.08. The Hall–Kier alpha value is -1.73. The summed E-state index contributed by atoms with van der Waals surface area (Å²) in [6.07, 6.45) is 8.10. The Morgan fingerprint density at radius 3 is 2.88 bits per heavy atom. The zero-order valence-corrected chi connectivity index (χ0v) is 15.0. The van der Waals surface area contributed by atoms with Crippen LogP contribution in [0.2, 0.25) is 0 Å². The highest BCUT2D eigenvalue weighted by molar-refractivity contribution is 8.19. The van der Waals surface area contributed by atoms with Gasteiger partial charge in [-0.3, -0.25) is 20.1 Å². The van der Waals surface area contributed by atoms with Gasteiger partial charge >= 0.3 is 0 Å². The van der Waals surface area contributed by atoms with Crippen molar-refractivity contribution in [1.82, 2.24) is 14.8 Å². The standard InChI is InChI=1S/C17H18N4OS2/c1-20-12-6-2-3-7-13(12)23-16(20)14-15(22)21(17(18)24-14)10-11-5-4-8-19-9-11/h4-5,8-9,18H,2-3,6-7,10H2,1H3/b16-14-,18-17?. The van der Waals surface area contributed by atoms with E-state index in [0.717, 1.165) is 23.4 Å². The number of carbonyl (C=O) groups is 1. The molecule has 0 radical (unpaired) electrons. The van der Waals surface area contributed by atoms with Crippen LogP contribution in [0.15, 0.2) is 45.1 Å². The molecular weight excluding hydrogens is 340 g/mol. The molecule has 1 aliphatic carbocycles. The lowest BCUT2D eigenvalue weighted by Gasteiger charge is -2.20. The first-order chi connectivity index (χ1) is 11.6. The highest BCUT2D eigenvalue weighted by Gasteiger charge is 2.39. The third kappa shape index (κ3) is 2.65. The average molecular weight is 358 g/mol. The maximum absolute atomic E-state index is 12.9. The van der Waals surface area contributed by atoms with Crippen LogP contribution in [0.3, 0.4) is 0 Å². The number of rotatable bonds is 2. The lowest BCUT2D eigenvalue weighted by Crippen LogP contribution is -2.28. The molecule has 1 aromatic rings. The van der Waals surface area contributed by atoms with Crippen molar-refractivity contribution in [1.29, 1.82) is 5.41 Å². The molecular formula is C17H18N4OS2. The smallest absolute Gasteiger partial charge is 0.269 e. The van der Waals surface area contributed by atoms with Crippen molar-refractivity contribution in [2.75, 3.05) is 7.05 Å². The molecule has 2 aliphatic heterocycles. The second kappa shape index (κ2) is 6.29. The number of amides is 1. The van der Waals surface area contributed by atoms with Crippen LogP contribution in [-0.4, -0.2) is 32.9 Å². The molecule has 0 spiro atoms. The number of nitrogens with one attached hydrogen (secondary N) is 1. The first kappa shape index (κ1) is 15.8. The van der Waals surface area contributed by atoms with E-state index in [9.17, 15) is 4.79 Å². The molecule has 3 aliphatic rings. The number of nitrogens with zero attached hydrogens (tertiary/aromatic N) is 3. The van der Waals surface area contributed by atoms with Crippen molar-refractivity contribution in [2.45, 2.75) is 32.2 Å². The maximum Gasteiger partial charge on any atom is 0.269 e. The Balaban J connectivity index is 1.60. The van der Waals surface area contributed by atoms with Crippen LogP contribution >= 0.6 is 23.5 Å². The highest BCUT2D eigenvalue weighted by atomic mass is 32.2. The van der Waals surface area contributed by atoms with Crippen molar-refractivity contribution in [3.8, 4) is 0 Å². The van der Waals surface area contributed by atoms with E-state index < -0.39 is 0 Å². The Morgan fingerprint density at radius 1 is 1.29 bits per heavy atom. The van der Waals surface area contributed by atoms with Crippen LogP contribution in [0, 0.1) is 5.41 Å². The molecule has 1 amide bonds. The fraction of sp³-hybridized carbons (Fsp3) is 0.353. The van der Waals surface area contributed by atoms with Crippen molar-refractivity contribution >= 4 is 34.6 Å². The van der Waals surface area contributed by atoms with Crippen LogP contribution in [0.1, 0.15) is 31.2 Å².